The van der Waals surface area contributed by atoms with Crippen molar-refractivity contribution in [2.45, 2.75) is 95.7 Å². The van der Waals surface area contributed by atoms with Crippen LogP contribution in [0.1, 0.15) is 141 Å². The third-order valence-corrected chi connectivity index (χ3v) is 17.0. The number of carbonyl (C=O) groups excluding carboxylic acids is 7. The molecule has 0 unspecified atom stereocenters. The number of nitrogens with one attached hydrogen (secondary N) is 1. The number of aliphatic hydroxyl groups is 1. The van der Waals surface area contributed by atoms with Crippen molar-refractivity contribution in [3.8, 4) is 46.8 Å². The smallest absolute Gasteiger partial charge is 0.358 e. The second-order valence-corrected chi connectivity index (χ2v) is 25.6. The Kier molecular flexibility index (Phi) is 48.5. The first kappa shape index (κ1) is 98.1. The molecule has 107 heavy (non-hydrogen) atoms. The number of rotatable bonds is 15. The number of ether oxygens (including phenoxy) is 4. The summed E-state index contributed by atoms with van der Waals surface area (Å²) in [6, 6.07) is 23.5. The topological polar surface area (TPSA) is 438 Å². The number of fused-ring (bicyclic) bond motifs is 2. The molecule has 7 aromatic heterocycles. The van der Waals surface area contributed by atoms with Crippen molar-refractivity contribution in [1.29, 1.82) is 21.0 Å². The van der Waals surface area contributed by atoms with Gasteiger partial charge in [-0.25, -0.2) is 44.3 Å². The minimum absolute atomic E-state index is 0. The van der Waals surface area contributed by atoms with Gasteiger partial charge < -0.3 is 53.8 Å². The number of nitriles is 4. The minimum atomic E-state index is -1.05. The number of carbonyl (C=O) groups is 7. The van der Waals surface area contributed by atoms with Crippen LogP contribution in [0.25, 0.3) is 28.1 Å². The SMILES string of the molecule is BrCCCBr.CC(C)(O)c1ccc(-c2nc3n(c(=O)c2C#N)CCCS3)cn1.CCOC(=O)CC#N.CCOC(=O)c1ccc(-c2nc3n(c(=O)c2C#N)CCCS3)cn1.CCOC(=O)c1ccc(C2=C(C#N)C(=O)NC(=S)C2)cn1.COC(=O)c1ccc(C=O)cn1.O=Cc1ccc(Br)nc1.[Br-].[C-]#[O+].[CH3-].[Mg+2]. The fraction of sp³-hybridized carbons (Fsp3) is 0.300. The molecule has 10 heterocycles. The van der Waals surface area contributed by atoms with Crippen molar-refractivity contribution >= 4 is 160 Å². The maximum atomic E-state index is 12.5. The van der Waals surface area contributed by atoms with Gasteiger partial charge in [0, 0.05) is 94.9 Å². The number of aromatic nitrogens is 9. The predicted octanol–water partition coefficient (Wildman–Crippen LogP) is 7.14. The monoisotopic (exact) mass is 1780 g/mol. The Balaban J connectivity index is 0.00000128. The van der Waals surface area contributed by atoms with Gasteiger partial charge in [-0.2, -0.15) is 21.0 Å². The number of hydrogen-bond donors (Lipinski definition) is 2. The van der Waals surface area contributed by atoms with Crippen LogP contribution >= 0.6 is 83.5 Å². The molecule has 37 heteroatoms. The molecule has 3 aliphatic rings. The van der Waals surface area contributed by atoms with Crippen LogP contribution < -0.4 is 33.4 Å². The maximum absolute atomic E-state index is 12.5. The summed E-state index contributed by atoms with van der Waals surface area (Å²) < 4.78 is 29.9. The summed E-state index contributed by atoms with van der Waals surface area (Å²) in [6.07, 6.45) is 11.8. The van der Waals surface area contributed by atoms with E-state index in [9.17, 15) is 58.8 Å². The molecule has 10 rings (SSSR count). The molecule has 0 saturated heterocycles. The van der Waals surface area contributed by atoms with Crippen molar-refractivity contribution < 1.29 is 79.2 Å². The van der Waals surface area contributed by atoms with E-state index in [1.165, 1.54) is 90.7 Å². The summed E-state index contributed by atoms with van der Waals surface area (Å²) in [5, 5.41) is 51.6. The molecule has 29 nitrogen and oxygen atoms in total. The van der Waals surface area contributed by atoms with E-state index in [0.29, 0.717) is 91.8 Å². The summed E-state index contributed by atoms with van der Waals surface area (Å²) in [5.41, 5.74) is 3.30. The van der Waals surface area contributed by atoms with Crippen molar-refractivity contribution in [2.24, 2.45) is 0 Å². The molecule has 0 saturated carbocycles. The van der Waals surface area contributed by atoms with Gasteiger partial charge in [-0.3, -0.25) is 42.9 Å². The second-order valence-electron chi connectivity index (χ2n) is 20.6. The zero-order valence-corrected chi connectivity index (χ0v) is 68.8. The minimum Gasteiger partial charge on any atom is -0.358 e. The molecule has 2 N–H and O–H groups in total. The van der Waals surface area contributed by atoms with E-state index in [4.69, 9.17) is 36.9 Å². The molecule has 7 aromatic rings. The third-order valence-electron chi connectivity index (χ3n) is 13.0. The average Bonchev–Trinajstić information content (AvgIpc) is 0.789. The first-order valence-corrected chi connectivity index (χ1v) is 36.1. The molecular weight excluding hydrogens is 1720 g/mol. The van der Waals surface area contributed by atoms with Crippen LogP contribution in [0.5, 0.6) is 0 Å². The van der Waals surface area contributed by atoms with Crippen LogP contribution in [0, 0.1) is 59.4 Å². The van der Waals surface area contributed by atoms with Crippen molar-refractivity contribution in [3.05, 3.63) is 187 Å². The number of amides is 1. The Bertz CT molecular complexity index is 4510. The van der Waals surface area contributed by atoms with Gasteiger partial charge in [-0.05, 0) is 136 Å². The summed E-state index contributed by atoms with van der Waals surface area (Å²) in [5.74, 6) is -0.708. The zero-order chi connectivity index (χ0) is 77.3. The largest absolute Gasteiger partial charge is 2.00 e. The number of thiocarbonyl (C=S) groups is 1. The number of methoxy groups -OCH3 is 1. The molecule has 0 bridgehead atoms. The first-order valence-electron chi connectivity index (χ1n) is 30.7. The van der Waals surface area contributed by atoms with Gasteiger partial charge in [-0.1, -0.05) is 73.7 Å². The Morgan fingerprint density at radius 1 is 0.673 bits per heavy atom. The Hall–Kier alpha value is -8.92. The average molecular weight is 1790 g/mol. The van der Waals surface area contributed by atoms with Gasteiger partial charge in [0.1, 0.15) is 68.6 Å². The molecule has 3 aliphatic heterocycles. The van der Waals surface area contributed by atoms with E-state index < -0.39 is 35.4 Å². The Labute approximate surface area is 682 Å². The zero-order valence-electron chi connectivity index (χ0n) is 58.6. The standard InChI is InChI=1S/C16H14N4O3S.C16H16N4O2S.C14H11N3O3S.C8H7NO3.C6H4BrNO.C5H7NO2.C3H6Br2.CO.CH3.BrH.Mg/c1-2-23-15(22)12-5-4-10(9-18-12)13-11(8-17)14(21)20-6-3-7-24-16(20)19-13;1-16(2,22)12-5-4-10(9-18-12)13-11(8-17)14(21)20-6-3-7-23-15(20)19-13;1-2-20-14(19)11-4-3-8(7-16-11)9-5-12(21)17-13(18)10(9)6-15;1-12-8(11)7-3-2-6(5-10)4-9-7;7-6-2-1-5(4-9)3-8-6;1-2-8-5(7)3-4-6;4-2-1-3-5;1-2;;;/h4-5,9H,2-3,6-7H2,1H3;4-5,9,22H,3,6-7H2,1-2H3;3-4,7H,2,5H2,1H3,(H,17,18,21);2-5H,1H3;1-4H;2-3H2,1H3;1-3H2;;1H3;1H;/q;;;;;;;;-1;;+2/p-1. The second kappa shape index (κ2) is 53.0. The van der Waals surface area contributed by atoms with Gasteiger partial charge in [0.2, 0.25) is 0 Å². The number of esters is 4. The van der Waals surface area contributed by atoms with Crippen LogP contribution in [-0.2, 0) is 51.9 Å². The summed E-state index contributed by atoms with van der Waals surface area (Å²) >= 11 is 17.7. The van der Waals surface area contributed by atoms with Crippen LogP contribution in [0.4, 0.5) is 0 Å². The molecule has 0 spiro atoms. The molecule has 1 amide bonds. The predicted molar refractivity (Wildman–Crippen MR) is 406 cm³/mol. The van der Waals surface area contributed by atoms with Gasteiger partial charge in [0.25, 0.3) is 17.0 Å². The van der Waals surface area contributed by atoms with E-state index in [1.807, 2.05) is 18.2 Å². The molecule has 0 aromatic carbocycles. The van der Waals surface area contributed by atoms with Crippen LogP contribution in [0.15, 0.2) is 122 Å². The van der Waals surface area contributed by atoms with E-state index >= 15 is 0 Å². The van der Waals surface area contributed by atoms with E-state index in [-0.39, 0.29) is 118 Å². The van der Waals surface area contributed by atoms with Gasteiger partial charge in [0.15, 0.2) is 22.9 Å². The Morgan fingerprint density at radius 2 is 1.11 bits per heavy atom. The van der Waals surface area contributed by atoms with Gasteiger partial charge in [-0.15, -0.1) is 0 Å². The quantitative estimate of drug-likeness (QED) is 0.00983. The van der Waals surface area contributed by atoms with Crippen molar-refractivity contribution in [3.63, 3.8) is 0 Å². The summed E-state index contributed by atoms with van der Waals surface area (Å²) in [7, 11) is 1.28. The maximum Gasteiger partial charge on any atom is 2.00 e. The van der Waals surface area contributed by atoms with E-state index in [2.05, 4.69) is 104 Å². The number of pyridine rings is 5. The number of thioether (sulfide) groups is 2. The Morgan fingerprint density at radius 3 is 1.47 bits per heavy atom. The number of nitrogens with zero attached hydrogens (tertiary/aromatic N) is 13. The van der Waals surface area contributed by atoms with Crippen LogP contribution in [0.3, 0.4) is 0 Å². The molecular formula is C70H68Br4MgN14O15S3. The van der Waals surface area contributed by atoms with Crippen LogP contribution in [0.2, 0.25) is 0 Å². The fourth-order valence-electron chi connectivity index (χ4n) is 8.20. The third kappa shape index (κ3) is 31.4. The number of halogens is 4. The molecule has 0 atom stereocenters. The molecule has 556 valence electrons. The normalized spacial score (nSPS) is 11.6. The van der Waals surface area contributed by atoms with Crippen molar-refractivity contribution in [2.75, 3.05) is 49.1 Å². The van der Waals surface area contributed by atoms with E-state index in [1.54, 1.807) is 87.9 Å². The molecule has 0 aliphatic carbocycles. The van der Waals surface area contributed by atoms with Gasteiger partial charge in [0.05, 0.1) is 55.1 Å². The summed E-state index contributed by atoms with van der Waals surface area (Å²) in [6.45, 7) is 15.0. The molecule has 0 fully saturated rings. The van der Waals surface area contributed by atoms with Gasteiger partial charge >= 0.3 is 58.2 Å². The van der Waals surface area contributed by atoms with Crippen LogP contribution in [-0.4, -0.2) is 169 Å². The number of hydrogen-bond acceptors (Lipinski definition) is 28. The molecule has 0 radical (unpaired) electrons. The fourth-order valence-corrected chi connectivity index (χ4v) is 11.9. The number of alkyl halides is 2. The van der Waals surface area contributed by atoms with E-state index in [0.717, 1.165) is 45.9 Å². The first-order chi connectivity index (χ1) is 49.9. The van der Waals surface area contributed by atoms with Crippen molar-refractivity contribution in [1.82, 2.24) is 49.3 Å². The summed E-state index contributed by atoms with van der Waals surface area (Å²) in [4.78, 5) is 130. The number of aldehydes is 2.